The van der Waals surface area contributed by atoms with Gasteiger partial charge in [0.1, 0.15) is 0 Å². The molecule has 1 N–H and O–H groups in total. The second kappa shape index (κ2) is 3.77. The molecule has 5 nitrogen and oxygen atoms in total. The highest BCUT2D eigenvalue weighted by Gasteiger charge is 2.37. The first-order valence-corrected chi connectivity index (χ1v) is 4.83. The van der Waals surface area contributed by atoms with E-state index in [-0.39, 0.29) is 17.8 Å². The van der Waals surface area contributed by atoms with Gasteiger partial charge in [-0.15, -0.1) is 0 Å². The van der Waals surface area contributed by atoms with Crippen LogP contribution in [0.2, 0.25) is 0 Å². The van der Waals surface area contributed by atoms with E-state index in [1.54, 1.807) is 31.3 Å². The molecule has 16 heavy (non-hydrogen) atoms. The summed E-state index contributed by atoms with van der Waals surface area (Å²) in [4.78, 5) is 28.8. The van der Waals surface area contributed by atoms with Crippen LogP contribution in [0, 0.1) is 0 Å². The van der Waals surface area contributed by atoms with Crippen LogP contribution in [0.3, 0.4) is 0 Å². The van der Waals surface area contributed by atoms with Crippen molar-refractivity contribution in [3.8, 4) is 0 Å². The lowest BCUT2D eigenvalue weighted by atomic mass is 10.1. The molecule has 0 saturated carbocycles. The lowest BCUT2D eigenvalue weighted by molar-refractivity contribution is 0.0744. The fourth-order valence-corrected chi connectivity index (χ4v) is 1.71. The Morgan fingerprint density at radius 3 is 2.06 bits per heavy atom. The number of carbonyl (C=O) groups excluding carboxylic acids is 2. The van der Waals surface area contributed by atoms with Crippen LogP contribution in [-0.2, 0) is 0 Å². The molecule has 0 bridgehead atoms. The molecule has 1 aromatic carbocycles. The summed E-state index contributed by atoms with van der Waals surface area (Å²) < 4.78 is 0. The Bertz CT molecular complexity index is 459. The molecule has 2 amide bonds. The van der Waals surface area contributed by atoms with Crippen LogP contribution >= 0.6 is 0 Å². The number of benzene rings is 1. The molecule has 0 saturated heterocycles. The highest BCUT2D eigenvalue weighted by molar-refractivity contribution is 6.29. The Hall–Kier alpha value is -2.17. The Labute approximate surface area is 92.8 Å². The summed E-state index contributed by atoms with van der Waals surface area (Å²) in [5.41, 5.74) is 0.841. The second-order valence-corrected chi connectivity index (χ2v) is 3.29. The predicted molar refractivity (Wildman–Crippen MR) is 59.4 cm³/mol. The molecule has 1 aliphatic rings. The third kappa shape index (κ3) is 1.29. The molecule has 0 fully saturated rings. The Kier molecular flexibility index (Phi) is 2.44. The van der Waals surface area contributed by atoms with Crippen molar-refractivity contribution in [2.45, 2.75) is 0 Å². The van der Waals surface area contributed by atoms with Crippen LogP contribution in [0.1, 0.15) is 20.7 Å². The van der Waals surface area contributed by atoms with Gasteiger partial charge < -0.3 is 5.32 Å². The minimum Gasteiger partial charge on any atom is -0.359 e. The van der Waals surface area contributed by atoms with E-state index in [0.29, 0.717) is 11.1 Å². The number of guanidine groups is 1. The number of rotatable bonds is 0. The number of amides is 2. The second-order valence-electron chi connectivity index (χ2n) is 3.29. The van der Waals surface area contributed by atoms with Crippen LogP contribution in [-0.4, -0.2) is 36.8 Å². The number of nitrogens with one attached hydrogen (secondary N) is 1. The van der Waals surface area contributed by atoms with Gasteiger partial charge >= 0.3 is 0 Å². The molecule has 2 rings (SSSR count). The number of fused-ring (bicyclic) bond motifs is 1. The SMILES string of the molecule is CN=C(NC)N1C(=O)c2ccccc2C1=O. The number of imide groups is 1. The lowest BCUT2D eigenvalue weighted by Gasteiger charge is -2.14. The molecule has 82 valence electrons. The normalized spacial score (nSPS) is 15.4. The summed E-state index contributed by atoms with van der Waals surface area (Å²) in [6.07, 6.45) is 0. The van der Waals surface area contributed by atoms with Crippen molar-refractivity contribution in [2.24, 2.45) is 4.99 Å². The van der Waals surface area contributed by atoms with Crippen LogP contribution in [0.25, 0.3) is 0 Å². The molecule has 0 radical (unpaired) electrons. The molecular weight excluding hydrogens is 206 g/mol. The van der Waals surface area contributed by atoms with Crippen molar-refractivity contribution >= 4 is 17.8 Å². The van der Waals surface area contributed by atoms with Crippen molar-refractivity contribution in [1.29, 1.82) is 0 Å². The summed E-state index contributed by atoms with van der Waals surface area (Å²) in [6.45, 7) is 0. The predicted octanol–water partition coefficient (Wildman–Crippen LogP) is 0.488. The fraction of sp³-hybridized carbons (Fsp3) is 0.182. The maximum absolute atomic E-state index is 12.0. The molecule has 5 heteroatoms. The topological polar surface area (TPSA) is 61.8 Å². The van der Waals surface area contributed by atoms with E-state index in [4.69, 9.17) is 0 Å². The van der Waals surface area contributed by atoms with Crippen molar-refractivity contribution in [2.75, 3.05) is 14.1 Å². The van der Waals surface area contributed by atoms with Crippen molar-refractivity contribution in [3.63, 3.8) is 0 Å². The third-order valence-corrected chi connectivity index (χ3v) is 2.44. The molecule has 1 heterocycles. The first-order chi connectivity index (χ1) is 7.70. The Morgan fingerprint density at radius 1 is 1.19 bits per heavy atom. The third-order valence-electron chi connectivity index (χ3n) is 2.44. The van der Waals surface area contributed by atoms with Gasteiger partial charge in [0, 0.05) is 14.1 Å². The molecular formula is C11H11N3O2. The van der Waals surface area contributed by atoms with E-state index in [0.717, 1.165) is 4.90 Å². The van der Waals surface area contributed by atoms with Crippen LogP contribution < -0.4 is 5.32 Å². The fourth-order valence-electron chi connectivity index (χ4n) is 1.71. The number of carbonyl (C=O) groups is 2. The standard InChI is InChI=1S/C11H11N3O2/c1-12-11(13-2)14-9(15)7-5-3-4-6-8(7)10(14)16/h3-6H,1-2H3,(H,12,13). The van der Waals surface area contributed by atoms with Crippen molar-refractivity contribution in [1.82, 2.24) is 10.2 Å². The summed E-state index contributed by atoms with van der Waals surface area (Å²) in [5.74, 6) is -0.419. The smallest absolute Gasteiger partial charge is 0.268 e. The van der Waals surface area contributed by atoms with E-state index in [1.807, 2.05) is 0 Å². The number of hydrogen-bond acceptors (Lipinski definition) is 3. The van der Waals surface area contributed by atoms with Gasteiger partial charge in [0.05, 0.1) is 11.1 Å². The molecule has 0 atom stereocenters. The van der Waals surface area contributed by atoms with Crippen LogP contribution in [0.5, 0.6) is 0 Å². The summed E-state index contributed by atoms with van der Waals surface area (Å²) in [5, 5.41) is 2.72. The zero-order valence-electron chi connectivity index (χ0n) is 9.02. The van der Waals surface area contributed by atoms with E-state index in [1.165, 1.54) is 7.05 Å². The minimum atomic E-state index is -0.337. The molecule has 1 aromatic rings. The monoisotopic (exact) mass is 217 g/mol. The van der Waals surface area contributed by atoms with Gasteiger partial charge in [-0.1, -0.05) is 12.1 Å². The highest BCUT2D eigenvalue weighted by Crippen LogP contribution is 2.22. The van der Waals surface area contributed by atoms with Crippen LogP contribution in [0.15, 0.2) is 29.3 Å². The number of hydrogen-bond donors (Lipinski definition) is 1. The van der Waals surface area contributed by atoms with Gasteiger partial charge in [-0.25, -0.2) is 4.90 Å². The molecule has 0 spiro atoms. The lowest BCUT2D eigenvalue weighted by Crippen LogP contribution is -2.43. The summed E-state index contributed by atoms with van der Waals surface area (Å²) in [6, 6.07) is 6.74. The molecule has 0 unspecified atom stereocenters. The van der Waals surface area contributed by atoms with E-state index in [9.17, 15) is 9.59 Å². The Morgan fingerprint density at radius 2 is 1.69 bits per heavy atom. The first-order valence-electron chi connectivity index (χ1n) is 4.83. The number of nitrogens with zero attached hydrogens (tertiary/aromatic N) is 2. The van der Waals surface area contributed by atoms with Gasteiger partial charge in [0.25, 0.3) is 11.8 Å². The zero-order valence-corrected chi connectivity index (χ0v) is 9.02. The summed E-state index contributed by atoms with van der Waals surface area (Å²) in [7, 11) is 3.14. The van der Waals surface area contributed by atoms with Crippen LogP contribution in [0.4, 0.5) is 0 Å². The first kappa shape index (κ1) is 10.4. The van der Waals surface area contributed by atoms with E-state index >= 15 is 0 Å². The van der Waals surface area contributed by atoms with Gasteiger partial charge in [0.2, 0.25) is 5.96 Å². The van der Waals surface area contributed by atoms with Crippen molar-refractivity contribution < 1.29 is 9.59 Å². The van der Waals surface area contributed by atoms with E-state index in [2.05, 4.69) is 10.3 Å². The maximum atomic E-state index is 12.0. The largest absolute Gasteiger partial charge is 0.359 e. The average molecular weight is 217 g/mol. The quantitative estimate of drug-likeness (QED) is 0.391. The molecule has 0 aliphatic carbocycles. The average Bonchev–Trinajstić information content (AvgIpc) is 2.57. The van der Waals surface area contributed by atoms with Gasteiger partial charge in [-0.3, -0.25) is 14.6 Å². The minimum absolute atomic E-state index is 0.256. The Balaban J connectivity index is 2.50. The van der Waals surface area contributed by atoms with Gasteiger partial charge in [-0.05, 0) is 12.1 Å². The maximum Gasteiger partial charge on any atom is 0.268 e. The number of aliphatic imine (C=N–C) groups is 1. The molecule has 1 aliphatic heterocycles. The van der Waals surface area contributed by atoms with Gasteiger partial charge in [-0.2, -0.15) is 0 Å². The zero-order chi connectivity index (χ0) is 11.7. The van der Waals surface area contributed by atoms with E-state index < -0.39 is 0 Å². The highest BCUT2D eigenvalue weighted by atomic mass is 16.2. The van der Waals surface area contributed by atoms with Crippen molar-refractivity contribution in [3.05, 3.63) is 35.4 Å². The molecule has 0 aromatic heterocycles. The van der Waals surface area contributed by atoms with Gasteiger partial charge in [0.15, 0.2) is 0 Å². The summed E-state index contributed by atoms with van der Waals surface area (Å²) >= 11 is 0.